The van der Waals surface area contributed by atoms with E-state index in [1.54, 1.807) is 58.5 Å². The monoisotopic (exact) mass is 1440 g/mol. The summed E-state index contributed by atoms with van der Waals surface area (Å²) in [6.45, 7) is 14.9. The summed E-state index contributed by atoms with van der Waals surface area (Å²) < 4.78 is 16.5. The molecule has 8 rings (SSSR count). The number of piperidine rings is 2. The Bertz CT molecular complexity index is 3710. The molecule has 0 bridgehead atoms. The number of hydrogen-bond donors (Lipinski definition) is 3. The smallest absolute Gasteiger partial charge is 0.410 e. The largest absolute Gasteiger partial charge is 0.461 e. The van der Waals surface area contributed by atoms with Crippen LogP contribution < -0.4 is 25.8 Å². The molecule has 6 aromatic rings. The van der Waals surface area contributed by atoms with Crippen LogP contribution in [0.4, 0.5) is 16.2 Å². The van der Waals surface area contributed by atoms with E-state index in [-0.39, 0.29) is 62.0 Å². The van der Waals surface area contributed by atoms with E-state index in [0.29, 0.717) is 32.6 Å². The zero-order valence-corrected chi connectivity index (χ0v) is 64.5. The topological polar surface area (TPSA) is 240 Å². The highest BCUT2D eigenvalue weighted by atomic mass is 16.6. The van der Waals surface area contributed by atoms with Gasteiger partial charge in [0.1, 0.15) is 49.0 Å². The first-order chi connectivity index (χ1) is 50.0. The number of carbonyl (C=O) groups excluding carboxylic acids is 9. The van der Waals surface area contributed by atoms with Gasteiger partial charge < -0.3 is 59.6 Å². The van der Waals surface area contributed by atoms with Crippen molar-refractivity contribution in [1.82, 2.24) is 40.4 Å². The number of benzene rings is 6. The molecule has 22 heteroatoms. The molecule has 0 saturated carbocycles. The van der Waals surface area contributed by atoms with Crippen molar-refractivity contribution >= 4 is 75.6 Å². The number of ether oxygens (including phenoxy) is 3. The van der Waals surface area contributed by atoms with Crippen molar-refractivity contribution in [2.75, 3.05) is 92.4 Å². The van der Waals surface area contributed by atoms with Gasteiger partial charge in [0.2, 0.25) is 35.4 Å². The molecule has 0 aliphatic carbocycles. The predicted molar refractivity (Wildman–Crippen MR) is 413 cm³/mol. The van der Waals surface area contributed by atoms with Gasteiger partial charge in [0, 0.05) is 98.7 Å². The van der Waals surface area contributed by atoms with Crippen LogP contribution in [0.15, 0.2) is 158 Å². The van der Waals surface area contributed by atoms with Gasteiger partial charge in [-0.2, -0.15) is 0 Å². The zero-order valence-electron chi connectivity index (χ0n) is 64.5. The molecule has 22 nitrogen and oxygen atoms in total. The molecule has 7 amide bonds. The Morgan fingerprint density at radius 3 is 1.15 bits per heavy atom. The Morgan fingerprint density at radius 2 is 0.800 bits per heavy atom. The molecule has 568 valence electrons. The highest BCUT2D eigenvalue weighted by Crippen LogP contribution is 2.34. The summed E-state index contributed by atoms with van der Waals surface area (Å²) in [6.07, 6.45) is 4.82. The van der Waals surface area contributed by atoms with Crippen LogP contribution in [0.1, 0.15) is 122 Å². The normalized spacial score (nSPS) is 14.6. The highest BCUT2D eigenvalue weighted by Gasteiger charge is 2.41. The number of rotatable bonds is 28. The number of nitrogens with one attached hydrogen (secondary N) is 3. The van der Waals surface area contributed by atoms with Gasteiger partial charge in [-0.25, -0.2) is 4.79 Å². The van der Waals surface area contributed by atoms with Crippen LogP contribution in [-0.2, 0) is 78.6 Å². The number of amides is 7. The van der Waals surface area contributed by atoms with Crippen LogP contribution in [0, 0.1) is 11.8 Å². The van der Waals surface area contributed by atoms with Gasteiger partial charge in [0.15, 0.2) is 0 Å². The van der Waals surface area contributed by atoms with Crippen molar-refractivity contribution in [2.45, 2.75) is 168 Å². The fraction of sp³-hybridized carbons (Fsp3) is 0.482. The maximum atomic E-state index is 14.2. The summed E-state index contributed by atoms with van der Waals surface area (Å²) in [4.78, 5) is 133. The van der Waals surface area contributed by atoms with Crippen molar-refractivity contribution in [3.8, 4) is 0 Å². The standard InChI is InChI=1S/C37H52N4O7.C32H44N4O5.C14H18N2/c1-26(2)32(40(7)35(45)30(23-27-17-11-8-12-18-27)39(6)36(46)48-37(3,4)5)33(43)38-29(34(44)41-21-15-10-16-22-41)24-31(42)47-25-28-19-13-9-14-20-28;1-23(2)29(35(4)31(39)26(33-3)20-24-14-8-5-9-15-24)30(38)34-27(32(40)36-18-12-7-13-19-36)21-28(37)41-22-25-16-10-6-11-17-25;1-15(2)12-9-5-7-11-8-6-10-13(14(11)12)16(3)4/h8-9,11-14,17-20,26,29-30,32H,10,15-16,21-25H2,1-7H3,(H,38,43);5-6,8-11,14-17,23,26-27,29,33H,7,12-13,18-22H2,1-4H3,(H,34,38);5-10H,1-4H3/t29-,30?,32-;26?,27-,29-;/m00./s1. The summed E-state index contributed by atoms with van der Waals surface area (Å²) in [5.41, 5.74) is 5.21. The molecule has 2 aliphatic rings. The average Bonchev–Trinajstić information content (AvgIpc) is 0.800. The molecule has 105 heavy (non-hydrogen) atoms. The Labute approximate surface area is 622 Å². The van der Waals surface area contributed by atoms with E-state index in [4.69, 9.17) is 14.2 Å². The van der Waals surface area contributed by atoms with Gasteiger partial charge >= 0.3 is 18.0 Å². The van der Waals surface area contributed by atoms with Crippen molar-refractivity contribution in [3.05, 3.63) is 180 Å². The minimum Gasteiger partial charge on any atom is -0.461 e. The van der Waals surface area contributed by atoms with Crippen molar-refractivity contribution in [2.24, 2.45) is 11.8 Å². The highest BCUT2D eigenvalue weighted by molar-refractivity contribution is 6.04. The van der Waals surface area contributed by atoms with Gasteiger partial charge in [-0.3, -0.25) is 43.3 Å². The van der Waals surface area contributed by atoms with Gasteiger partial charge in [0.25, 0.3) is 0 Å². The number of anilines is 2. The van der Waals surface area contributed by atoms with E-state index < -0.39 is 77.6 Å². The Kier molecular flexibility index (Phi) is 33.3. The summed E-state index contributed by atoms with van der Waals surface area (Å²) in [6, 6.07) is 44.7. The van der Waals surface area contributed by atoms with E-state index in [1.807, 2.05) is 135 Å². The molecule has 2 fully saturated rings. The Balaban J connectivity index is 0.000000273. The first-order valence-corrected chi connectivity index (χ1v) is 36.7. The molecule has 2 saturated heterocycles. The second-order valence-corrected chi connectivity index (χ2v) is 29.1. The molecular weight excluding hydrogens is 1330 g/mol. The zero-order chi connectivity index (χ0) is 76.9. The average molecular weight is 1440 g/mol. The number of likely N-dealkylation sites (tertiary alicyclic amines) is 2. The molecule has 3 N–H and O–H groups in total. The van der Waals surface area contributed by atoms with E-state index in [2.05, 4.69) is 90.3 Å². The van der Waals surface area contributed by atoms with Gasteiger partial charge in [-0.05, 0) is 124 Å². The first-order valence-electron chi connectivity index (χ1n) is 36.7. The number of likely N-dealkylation sites (N-methyl/N-ethyl adjacent to an activating group) is 4. The number of hydrogen-bond acceptors (Lipinski definition) is 15. The molecular formula is C83H114N10O12. The van der Waals surface area contributed by atoms with Crippen molar-refractivity contribution in [3.63, 3.8) is 0 Å². The first kappa shape index (κ1) is 84.1. The Morgan fingerprint density at radius 1 is 0.438 bits per heavy atom. The summed E-state index contributed by atoms with van der Waals surface area (Å²) in [7, 11) is 14.7. The second kappa shape index (κ2) is 41.6. The van der Waals surface area contributed by atoms with Gasteiger partial charge in [0.05, 0.1) is 18.9 Å². The molecule has 0 aromatic heterocycles. The number of esters is 2. The fourth-order valence-electron chi connectivity index (χ4n) is 13.0. The SMILES string of the molecule is CC(C)[C@@H](C(=O)N[C@@H](CC(=O)OCc1ccccc1)C(=O)N1CCCCC1)N(C)C(=O)C(Cc1ccccc1)N(C)C(=O)OC(C)(C)C.CN(C)c1cccc2cccc(N(C)C)c12.CNC(Cc1ccccc1)C(=O)N(C)[C@H](C(=O)N[C@@H](CC(=O)OCc1ccccc1)C(=O)N1CCCCC1)C(C)C. The van der Waals surface area contributed by atoms with E-state index >= 15 is 0 Å². The third-order valence-corrected chi connectivity index (χ3v) is 18.6. The van der Waals surface area contributed by atoms with Crippen LogP contribution in [0.3, 0.4) is 0 Å². The second-order valence-electron chi connectivity index (χ2n) is 29.1. The van der Waals surface area contributed by atoms with Crippen molar-refractivity contribution in [1.29, 1.82) is 0 Å². The molecule has 2 heterocycles. The van der Waals surface area contributed by atoms with E-state index in [1.165, 1.54) is 50.9 Å². The van der Waals surface area contributed by atoms with E-state index in [9.17, 15) is 43.2 Å². The molecule has 6 aromatic carbocycles. The van der Waals surface area contributed by atoms with Gasteiger partial charge in [-0.1, -0.05) is 173 Å². The van der Waals surface area contributed by atoms with Crippen LogP contribution in [0.2, 0.25) is 0 Å². The number of nitrogens with zero attached hydrogens (tertiary/aromatic N) is 7. The molecule has 6 atom stereocenters. The quantitative estimate of drug-likeness (QED) is 0.0306. The van der Waals surface area contributed by atoms with Gasteiger partial charge in [-0.15, -0.1) is 0 Å². The van der Waals surface area contributed by atoms with E-state index in [0.717, 1.165) is 60.8 Å². The lowest BCUT2D eigenvalue weighted by atomic mass is 9.98. The lowest BCUT2D eigenvalue weighted by Crippen LogP contribution is -2.60. The lowest BCUT2D eigenvalue weighted by molar-refractivity contribution is -0.151. The summed E-state index contributed by atoms with van der Waals surface area (Å²) in [5, 5.41) is 11.3. The molecule has 0 radical (unpaired) electrons. The molecule has 0 spiro atoms. The maximum Gasteiger partial charge on any atom is 0.410 e. The third kappa shape index (κ3) is 26.1. The van der Waals surface area contributed by atoms with Crippen molar-refractivity contribution < 1.29 is 57.4 Å². The maximum absolute atomic E-state index is 14.2. The summed E-state index contributed by atoms with van der Waals surface area (Å²) in [5.74, 6) is -4.23. The molecule has 2 unspecified atom stereocenters. The van der Waals surface area contributed by atoms with Crippen LogP contribution in [0.5, 0.6) is 0 Å². The minimum atomic E-state index is -1.17. The number of fused-ring (bicyclic) bond motifs is 1. The lowest BCUT2D eigenvalue weighted by Gasteiger charge is -2.37. The number of carbonyl (C=O) groups is 9. The molecule has 2 aliphatic heterocycles. The summed E-state index contributed by atoms with van der Waals surface area (Å²) >= 11 is 0. The van der Waals surface area contributed by atoms with Crippen LogP contribution >= 0.6 is 0 Å². The van der Waals surface area contributed by atoms with Crippen LogP contribution in [-0.4, -0.2) is 202 Å². The van der Waals surface area contributed by atoms with Crippen LogP contribution in [0.25, 0.3) is 10.8 Å². The fourth-order valence-corrected chi connectivity index (χ4v) is 13.0. The predicted octanol–water partition coefficient (Wildman–Crippen LogP) is 10.5. The third-order valence-electron chi connectivity index (χ3n) is 18.6. The Hall–Kier alpha value is -9.83. The minimum absolute atomic E-state index is 0.0398.